The lowest BCUT2D eigenvalue weighted by Gasteiger charge is -2.06. The van der Waals surface area contributed by atoms with Crippen LogP contribution >= 0.6 is 15.9 Å². The Labute approximate surface area is 149 Å². The van der Waals surface area contributed by atoms with Crippen LogP contribution < -0.4 is 5.32 Å². The lowest BCUT2D eigenvalue weighted by atomic mass is 10.2. The van der Waals surface area contributed by atoms with E-state index in [9.17, 15) is 4.79 Å². The maximum absolute atomic E-state index is 12.1. The van der Waals surface area contributed by atoms with Gasteiger partial charge in [-0.25, -0.2) is 4.98 Å². The predicted molar refractivity (Wildman–Crippen MR) is 97.8 cm³/mol. The minimum Gasteiger partial charge on any atom is -0.441 e. The standard InChI is InChI=1S/C19H17BrN2O2/c1-13-7-8-15(11-16(13)20)22-18(23)9-10-19-21-12-17(24-19)14-5-3-2-4-6-14/h2-8,11-12H,9-10H2,1H3,(H,22,23). The fourth-order valence-electron chi connectivity index (χ4n) is 2.28. The van der Waals surface area contributed by atoms with Crippen LogP contribution in [0.4, 0.5) is 5.69 Å². The zero-order valence-electron chi connectivity index (χ0n) is 13.3. The Balaban J connectivity index is 1.56. The molecular weight excluding hydrogens is 368 g/mol. The zero-order valence-corrected chi connectivity index (χ0v) is 14.8. The van der Waals surface area contributed by atoms with Gasteiger partial charge < -0.3 is 9.73 Å². The number of hydrogen-bond acceptors (Lipinski definition) is 3. The van der Waals surface area contributed by atoms with Gasteiger partial charge in [0, 0.05) is 28.6 Å². The Morgan fingerprint density at radius 1 is 1.21 bits per heavy atom. The number of hydrogen-bond donors (Lipinski definition) is 1. The van der Waals surface area contributed by atoms with Crippen LogP contribution in [0.15, 0.2) is 63.6 Å². The fraction of sp³-hybridized carbons (Fsp3) is 0.158. The van der Waals surface area contributed by atoms with E-state index in [0.717, 1.165) is 21.3 Å². The maximum Gasteiger partial charge on any atom is 0.224 e. The van der Waals surface area contributed by atoms with E-state index in [4.69, 9.17) is 4.42 Å². The summed E-state index contributed by atoms with van der Waals surface area (Å²) in [4.78, 5) is 16.3. The fourth-order valence-corrected chi connectivity index (χ4v) is 2.66. The molecule has 0 saturated heterocycles. The molecule has 0 aliphatic heterocycles. The van der Waals surface area contributed by atoms with Crippen LogP contribution in [0.5, 0.6) is 0 Å². The first-order chi connectivity index (χ1) is 11.6. The molecule has 0 aliphatic carbocycles. The van der Waals surface area contributed by atoms with Crippen LogP contribution in [0.1, 0.15) is 17.9 Å². The maximum atomic E-state index is 12.1. The quantitative estimate of drug-likeness (QED) is 0.674. The van der Waals surface area contributed by atoms with Gasteiger partial charge >= 0.3 is 0 Å². The van der Waals surface area contributed by atoms with Gasteiger partial charge in [-0.15, -0.1) is 0 Å². The number of benzene rings is 2. The number of amides is 1. The van der Waals surface area contributed by atoms with Crippen molar-refractivity contribution in [3.05, 3.63) is 70.7 Å². The normalized spacial score (nSPS) is 10.6. The van der Waals surface area contributed by atoms with Crippen molar-refractivity contribution in [2.45, 2.75) is 19.8 Å². The molecule has 0 unspecified atom stereocenters. The lowest BCUT2D eigenvalue weighted by Crippen LogP contribution is -2.12. The highest BCUT2D eigenvalue weighted by molar-refractivity contribution is 9.10. The van der Waals surface area contributed by atoms with E-state index >= 15 is 0 Å². The van der Waals surface area contributed by atoms with Crippen molar-refractivity contribution in [2.24, 2.45) is 0 Å². The van der Waals surface area contributed by atoms with Crippen LogP contribution in [0.25, 0.3) is 11.3 Å². The molecule has 0 spiro atoms. The van der Waals surface area contributed by atoms with Crippen molar-refractivity contribution in [3.8, 4) is 11.3 Å². The Kier molecular flexibility index (Phi) is 5.11. The van der Waals surface area contributed by atoms with Crippen LogP contribution in [0, 0.1) is 6.92 Å². The number of nitrogens with one attached hydrogen (secondary N) is 1. The first-order valence-corrected chi connectivity index (χ1v) is 8.47. The van der Waals surface area contributed by atoms with Gasteiger partial charge in [-0.05, 0) is 24.6 Å². The number of carbonyl (C=O) groups is 1. The summed E-state index contributed by atoms with van der Waals surface area (Å²) in [5.74, 6) is 1.22. The Morgan fingerprint density at radius 3 is 2.75 bits per heavy atom. The van der Waals surface area contributed by atoms with Gasteiger partial charge in [0.2, 0.25) is 5.91 Å². The second kappa shape index (κ2) is 7.45. The van der Waals surface area contributed by atoms with E-state index < -0.39 is 0 Å². The van der Waals surface area contributed by atoms with E-state index in [1.54, 1.807) is 6.20 Å². The number of carbonyl (C=O) groups excluding carboxylic acids is 1. The van der Waals surface area contributed by atoms with Crippen LogP contribution in [0.2, 0.25) is 0 Å². The molecule has 0 saturated carbocycles. The minimum atomic E-state index is -0.0646. The molecule has 1 heterocycles. The predicted octanol–water partition coefficient (Wildman–Crippen LogP) is 4.98. The third-order valence-corrected chi connectivity index (χ3v) is 4.49. The van der Waals surface area contributed by atoms with Gasteiger partial charge in [0.15, 0.2) is 11.7 Å². The summed E-state index contributed by atoms with van der Waals surface area (Å²) in [6.45, 7) is 2.00. The summed E-state index contributed by atoms with van der Waals surface area (Å²) in [5.41, 5.74) is 2.88. The zero-order chi connectivity index (χ0) is 16.9. The van der Waals surface area contributed by atoms with E-state index in [1.807, 2.05) is 55.5 Å². The monoisotopic (exact) mass is 384 g/mol. The highest BCUT2D eigenvalue weighted by Crippen LogP contribution is 2.22. The molecule has 0 bridgehead atoms. The Hall–Kier alpha value is -2.40. The summed E-state index contributed by atoms with van der Waals surface area (Å²) in [5, 5.41) is 2.88. The van der Waals surface area contributed by atoms with Gasteiger partial charge in [-0.3, -0.25) is 4.79 Å². The average Bonchev–Trinajstić information content (AvgIpc) is 3.06. The third kappa shape index (κ3) is 4.11. The van der Waals surface area contributed by atoms with Crippen molar-refractivity contribution in [1.82, 2.24) is 4.98 Å². The molecule has 24 heavy (non-hydrogen) atoms. The SMILES string of the molecule is Cc1ccc(NC(=O)CCc2ncc(-c3ccccc3)o2)cc1Br. The Bertz CT molecular complexity index is 844. The third-order valence-electron chi connectivity index (χ3n) is 3.63. The first-order valence-electron chi connectivity index (χ1n) is 7.68. The summed E-state index contributed by atoms with van der Waals surface area (Å²) in [7, 11) is 0. The van der Waals surface area contributed by atoms with Crippen LogP contribution in [-0.2, 0) is 11.2 Å². The molecule has 5 heteroatoms. The number of nitrogens with zero attached hydrogens (tertiary/aromatic N) is 1. The highest BCUT2D eigenvalue weighted by atomic mass is 79.9. The number of halogens is 1. The molecule has 0 radical (unpaired) electrons. The highest BCUT2D eigenvalue weighted by Gasteiger charge is 2.09. The molecule has 2 aromatic carbocycles. The summed E-state index contributed by atoms with van der Waals surface area (Å²) < 4.78 is 6.68. The summed E-state index contributed by atoms with van der Waals surface area (Å²) in [6, 6.07) is 15.5. The molecule has 3 rings (SSSR count). The van der Waals surface area contributed by atoms with Crippen molar-refractivity contribution in [2.75, 3.05) is 5.32 Å². The molecule has 0 aliphatic rings. The average molecular weight is 385 g/mol. The molecular formula is C19H17BrN2O2. The molecule has 1 amide bonds. The second-order valence-corrected chi connectivity index (χ2v) is 6.35. The van der Waals surface area contributed by atoms with Gasteiger partial charge in [0.25, 0.3) is 0 Å². The first kappa shape index (κ1) is 16.5. The van der Waals surface area contributed by atoms with Gasteiger partial charge in [-0.1, -0.05) is 52.3 Å². The molecule has 1 aromatic heterocycles. The van der Waals surface area contributed by atoms with Gasteiger partial charge in [-0.2, -0.15) is 0 Å². The molecule has 0 atom stereocenters. The summed E-state index contributed by atoms with van der Waals surface area (Å²) in [6.07, 6.45) is 2.48. The van der Waals surface area contributed by atoms with Crippen molar-refractivity contribution < 1.29 is 9.21 Å². The van der Waals surface area contributed by atoms with Crippen molar-refractivity contribution in [1.29, 1.82) is 0 Å². The van der Waals surface area contributed by atoms with E-state index in [2.05, 4.69) is 26.2 Å². The number of oxazole rings is 1. The smallest absolute Gasteiger partial charge is 0.224 e. The number of anilines is 1. The molecule has 1 N–H and O–H groups in total. The van der Waals surface area contributed by atoms with Crippen molar-refractivity contribution >= 4 is 27.5 Å². The largest absolute Gasteiger partial charge is 0.441 e. The topological polar surface area (TPSA) is 55.1 Å². The second-order valence-electron chi connectivity index (χ2n) is 5.50. The molecule has 4 nitrogen and oxygen atoms in total. The molecule has 122 valence electrons. The Morgan fingerprint density at radius 2 is 2.00 bits per heavy atom. The van der Waals surface area contributed by atoms with E-state index in [-0.39, 0.29) is 5.91 Å². The lowest BCUT2D eigenvalue weighted by molar-refractivity contribution is -0.116. The van der Waals surface area contributed by atoms with Crippen LogP contribution in [0.3, 0.4) is 0 Å². The van der Waals surface area contributed by atoms with Gasteiger partial charge in [0.05, 0.1) is 6.20 Å². The molecule has 3 aromatic rings. The molecule has 0 fully saturated rings. The number of aromatic nitrogens is 1. The van der Waals surface area contributed by atoms with E-state index in [0.29, 0.717) is 24.5 Å². The van der Waals surface area contributed by atoms with Crippen LogP contribution in [-0.4, -0.2) is 10.9 Å². The van der Waals surface area contributed by atoms with Gasteiger partial charge in [0.1, 0.15) is 0 Å². The number of aryl methyl sites for hydroxylation is 2. The van der Waals surface area contributed by atoms with E-state index in [1.165, 1.54) is 0 Å². The van der Waals surface area contributed by atoms with Crippen molar-refractivity contribution in [3.63, 3.8) is 0 Å². The number of rotatable bonds is 5. The minimum absolute atomic E-state index is 0.0646. The summed E-state index contributed by atoms with van der Waals surface area (Å²) >= 11 is 3.46.